The van der Waals surface area contributed by atoms with E-state index >= 15 is 0 Å². The molecule has 8 rings (SSSR count). The van der Waals surface area contributed by atoms with E-state index in [1.54, 1.807) is 12.1 Å². The average Bonchev–Trinajstić information content (AvgIpc) is 3.55. The van der Waals surface area contributed by atoms with Gasteiger partial charge in [0, 0.05) is 33.6 Å². The van der Waals surface area contributed by atoms with Crippen molar-refractivity contribution in [3.63, 3.8) is 0 Å². The van der Waals surface area contributed by atoms with E-state index < -0.39 is 5.66 Å². The summed E-state index contributed by atoms with van der Waals surface area (Å²) < 4.78 is 0. The van der Waals surface area contributed by atoms with Crippen LogP contribution in [-0.4, -0.2) is 0 Å². The van der Waals surface area contributed by atoms with Crippen molar-refractivity contribution in [3.05, 3.63) is 215 Å². The van der Waals surface area contributed by atoms with Gasteiger partial charge in [0.15, 0.2) is 17.0 Å². The molecule has 0 radical (unpaired) electrons. The van der Waals surface area contributed by atoms with Crippen molar-refractivity contribution >= 4 is 34.1 Å². The second-order valence-electron chi connectivity index (χ2n) is 12.6. The molecule has 0 amide bonds. The number of rotatable bonds is 6. The highest BCUT2D eigenvalue weighted by Crippen LogP contribution is 2.62. The minimum Gasteiger partial charge on any atom is -0.309 e. The first-order valence-electron chi connectivity index (χ1n) is 16.9. The van der Waals surface area contributed by atoms with E-state index in [-0.39, 0.29) is 0 Å². The molecule has 0 saturated heterocycles. The quantitative estimate of drug-likeness (QED) is 0.164. The summed E-state index contributed by atoms with van der Waals surface area (Å²) in [7, 11) is 0. The van der Waals surface area contributed by atoms with Gasteiger partial charge in [-0.3, -0.25) is 0 Å². The Morgan fingerprint density at radius 2 is 0.811 bits per heavy atom. The fourth-order valence-corrected chi connectivity index (χ4v) is 7.48. The van der Waals surface area contributed by atoms with Gasteiger partial charge in [0.25, 0.3) is 0 Å². The second kappa shape index (κ2) is 13.4. The molecule has 0 N–H and O–H groups in total. The summed E-state index contributed by atoms with van der Waals surface area (Å²) in [6, 6.07) is 60.2. The van der Waals surface area contributed by atoms with Gasteiger partial charge in [-0.05, 0) is 70.8 Å². The highest BCUT2D eigenvalue weighted by atomic mass is 15.5. The zero-order valence-electron chi connectivity index (χ0n) is 28.3. The van der Waals surface area contributed by atoms with Crippen molar-refractivity contribution in [2.75, 3.05) is 9.80 Å². The molecule has 0 aromatic heterocycles. The molecule has 0 spiro atoms. The molecule has 6 nitrogen and oxygen atoms in total. The highest BCUT2D eigenvalue weighted by Gasteiger charge is 2.54. The van der Waals surface area contributed by atoms with Gasteiger partial charge in [0.2, 0.25) is 0 Å². The van der Waals surface area contributed by atoms with Gasteiger partial charge in [0.05, 0.1) is 36.7 Å². The molecule has 1 aliphatic heterocycles. The normalized spacial score (nSPS) is 12.5. The minimum atomic E-state index is -1.19. The molecule has 1 aliphatic rings. The Balaban J connectivity index is 1.61. The molecule has 1 heterocycles. The van der Waals surface area contributed by atoms with Crippen molar-refractivity contribution < 1.29 is 0 Å². The van der Waals surface area contributed by atoms with Gasteiger partial charge in [-0.25, -0.2) is 9.69 Å². The van der Waals surface area contributed by atoms with E-state index in [0.29, 0.717) is 33.9 Å². The van der Waals surface area contributed by atoms with Crippen LogP contribution in [0.25, 0.3) is 31.9 Å². The first-order valence-corrected chi connectivity index (χ1v) is 16.9. The maximum absolute atomic E-state index is 10.2. The van der Waals surface area contributed by atoms with Gasteiger partial charge >= 0.3 is 0 Å². The third kappa shape index (κ3) is 5.42. The van der Waals surface area contributed by atoms with Crippen LogP contribution in [0, 0.1) is 35.8 Å². The number of hydrogen-bond acceptors (Lipinski definition) is 4. The summed E-state index contributed by atoms with van der Waals surface area (Å²) in [6.07, 6.45) is 0. The van der Waals surface area contributed by atoms with Crippen molar-refractivity contribution in [1.29, 1.82) is 10.5 Å². The van der Waals surface area contributed by atoms with Crippen LogP contribution in [0.3, 0.4) is 0 Å². The fraction of sp³-hybridized carbons (Fsp3) is 0.0213. The number of hydrogen-bond donors (Lipinski definition) is 0. The molecule has 7 aromatic rings. The molecule has 53 heavy (non-hydrogen) atoms. The molecule has 6 heteroatoms. The van der Waals surface area contributed by atoms with Crippen LogP contribution in [0.5, 0.6) is 0 Å². The van der Waals surface area contributed by atoms with Gasteiger partial charge in [-0.1, -0.05) is 121 Å². The third-order valence-corrected chi connectivity index (χ3v) is 9.60. The monoisotopic (exact) mass is 676 g/mol. The Hall–Kier alpha value is -7.90. The first kappa shape index (κ1) is 32.3. The predicted octanol–water partition coefficient (Wildman–Crippen LogP) is 12.1. The zero-order valence-corrected chi connectivity index (χ0v) is 28.3. The standard InChI is InChI=1S/C47H28N6/c1-50-39-23-33(31-48)25-41(27-39)52-45-29-43(35-15-7-3-8-16-35)44(36-17-9-4-10-18-36)30-46(45)53(42-26-34(32-49)24-40(28-42)51-2)47(52,37-19-11-5-12-20-37)38-21-13-6-14-22-38/h3-30H. The topological polar surface area (TPSA) is 62.8 Å². The summed E-state index contributed by atoms with van der Waals surface area (Å²) in [5.41, 5.74) is 8.91. The molecule has 0 bridgehead atoms. The van der Waals surface area contributed by atoms with Gasteiger partial charge in [-0.15, -0.1) is 0 Å². The van der Waals surface area contributed by atoms with Crippen LogP contribution in [0.2, 0.25) is 0 Å². The molecule has 0 unspecified atom stereocenters. The Labute approximate surface area is 308 Å². The maximum Gasteiger partial charge on any atom is 0.190 e. The lowest BCUT2D eigenvalue weighted by Crippen LogP contribution is -2.51. The van der Waals surface area contributed by atoms with Crippen LogP contribution in [0.4, 0.5) is 34.1 Å². The predicted molar refractivity (Wildman–Crippen MR) is 210 cm³/mol. The van der Waals surface area contributed by atoms with E-state index in [1.165, 1.54) is 0 Å². The van der Waals surface area contributed by atoms with Crippen molar-refractivity contribution in [2.45, 2.75) is 5.66 Å². The summed E-state index contributed by atoms with van der Waals surface area (Å²) >= 11 is 0. The summed E-state index contributed by atoms with van der Waals surface area (Å²) in [6.45, 7) is 16.0. The number of anilines is 4. The van der Waals surface area contributed by atoms with E-state index in [4.69, 9.17) is 13.1 Å². The molecule has 7 aromatic carbocycles. The summed E-state index contributed by atoms with van der Waals surface area (Å²) in [5.74, 6) is 0. The molecular formula is C47H28N6. The maximum atomic E-state index is 10.2. The SMILES string of the molecule is [C-]#[N+]c1cc(C#N)cc(N2c3cc(-c4ccccc4)c(-c4ccccc4)cc3N(c3cc(C#N)cc([N+]#[C-])c3)C2(c2ccccc2)c2ccccc2)c1. The number of nitriles is 2. The van der Waals surface area contributed by atoms with Crippen molar-refractivity contribution in [1.82, 2.24) is 0 Å². The Morgan fingerprint density at radius 1 is 0.453 bits per heavy atom. The second-order valence-corrected chi connectivity index (χ2v) is 12.6. The molecular weight excluding hydrogens is 649 g/mol. The molecule has 246 valence electrons. The van der Waals surface area contributed by atoms with Gasteiger partial charge in [-0.2, -0.15) is 10.5 Å². The van der Waals surface area contributed by atoms with Crippen LogP contribution in [0.15, 0.2) is 170 Å². The lowest BCUT2D eigenvalue weighted by atomic mass is 9.87. The Kier molecular flexibility index (Phi) is 8.19. The first-order chi connectivity index (χ1) is 26.1. The minimum absolute atomic E-state index is 0.333. The summed E-state index contributed by atoms with van der Waals surface area (Å²) in [5, 5.41) is 20.5. The Bertz CT molecular complexity index is 2410. The average molecular weight is 677 g/mol. The number of fused-ring (bicyclic) bond motifs is 1. The van der Waals surface area contributed by atoms with Crippen molar-refractivity contribution in [3.8, 4) is 34.4 Å². The molecule has 0 atom stereocenters. The fourth-order valence-electron chi connectivity index (χ4n) is 7.48. The highest BCUT2D eigenvalue weighted by molar-refractivity contribution is 6.00. The number of benzene rings is 7. The van der Waals surface area contributed by atoms with E-state index in [0.717, 1.165) is 44.8 Å². The van der Waals surface area contributed by atoms with Crippen LogP contribution < -0.4 is 9.80 Å². The summed E-state index contributed by atoms with van der Waals surface area (Å²) in [4.78, 5) is 12.0. The van der Waals surface area contributed by atoms with E-state index in [1.807, 2.05) is 97.1 Å². The zero-order chi connectivity index (χ0) is 36.4. The van der Waals surface area contributed by atoms with Crippen LogP contribution in [-0.2, 0) is 5.66 Å². The largest absolute Gasteiger partial charge is 0.309 e. The van der Waals surface area contributed by atoms with Crippen LogP contribution >= 0.6 is 0 Å². The number of nitrogens with zero attached hydrogens (tertiary/aromatic N) is 6. The van der Waals surface area contributed by atoms with Gasteiger partial charge in [0.1, 0.15) is 0 Å². The van der Waals surface area contributed by atoms with Crippen LogP contribution in [0.1, 0.15) is 22.3 Å². The third-order valence-electron chi connectivity index (χ3n) is 9.60. The Morgan fingerprint density at radius 3 is 1.15 bits per heavy atom. The lowest BCUT2D eigenvalue weighted by Gasteiger charge is -2.47. The smallest absolute Gasteiger partial charge is 0.190 e. The lowest BCUT2D eigenvalue weighted by molar-refractivity contribution is 0.560. The molecule has 0 saturated carbocycles. The molecule has 0 fully saturated rings. The van der Waals surface area contributed by atoms with E-state index in [9.17, 15) is 10.5 Å². The van der Waals surface area contributed by atoms with Crippen molar-refractivity contribution in [2.24, 2.45) is 0 Å². The molecule has 0 aliphatic carbocycles. The van der Waals surface area contributed by atoms with Gasteiger partial charge < -0.3 is 9.80 Å². The van der Waals surface area contributed by atoms with E-state index in [2.05, 4.69) is 92.3 Å².